The first-order chi connectivity index (χ1) is 13.3. The predicted molar refractivity (Wildman–Crippen MR) is 108 cm³/mol. The van der Waals surface area contributed by atoms with Gasteiger partial charge in [-0.2, -0.15) is 0 Å². The monoisotopic (exact) mass is 394 g/mol. The number of anilines is 3. The van der Waals surface area contributed by atoms with Crippen molar-refractivity contribution in [2.24, 2.45) is 0 Å². The first kappa shape index (κ1) is 24.6. The minimum absolute atomic E-state index is 0.178. The van der Waals surface area contributed by atoms with E-state index in [1.54, 1.807) is 31.2 Å². The summed E-state index contributed by atoms with van der Waals surface area (Å²) in [6.07, 6.45) is -0.581. The molecule has 0 aliphatic rings. The Labute approximate surface area is 163 Å². The summed E-state index contributed by atoms with van der Waals surface area (Å²) < 4.78 is 17.6. The Kier molecular flexibility index (Phi) is 12.1. The summed E-state index contributed by atoms with van der Waals surface area (Å²) in [6.45, 7) is 7.55. The number of rotatable bonds is 5. The van der Waals surface area contributed by atoms with Gasteiger partial charge in [-0.3, -0.25) is 10.1 Å². The second-order valence-electron chi connectivity index (χ2n) is 4.97. The molecule has 154 valence electrons. The number of nitrogen functional groups attached to an aromatic ring is 1. The number of hydrogen-bond donors (Lipinski definition) is 4. The zero-order valence-electron chi connectivity index (χ0n) is 16.5. The summed E-state index contributed by atoms with van der Waals surface area (Å²) in [6, 6.07) is 9.47. The summed E-state index contributed by atoms with van der Waals surface area (Å²) >= 11 is 0. The maximum absolute atomic E-state index is 12.8. The highest BCUT2D eigenvalue weighted by molar-refractivity contribution is 5.88. The summed E-state index contributed by atoms with van der Waals surface area (Å²) in [4.78, 5) is 24.5. The minimum Gasteiger partial charge on any atom is -0.481 e. The lowest BCUT2D eigenvalue weighted by atomic mass is 10.2. The van der Waals surface area contributed by atoms with Crippen LogP contribution in [0.15, 0.2) is 36.4 Å². The molecule has 0 atom stereocenters. The highest BCUT2D eigenvalue weighted by atomic mass is 19.1. The molecule has 0 bridgehead atoms. The van der Waals surface area contributed by atoms with Crippen LogP contribution in [-0.4, -0.2) is 28.8 Å². The zero-order chi connectivity index (χ0) is 21.5. The maximum Gasteiger partial charge on any atom is 0.411 e. The van der Waals surface area contributed by atoms with Gasteiger partial charge < -0.3 is 20.9 Å². The van der Waals surface area contributed by atoms with Gasteiger partial charge in [0.15, 0.2) is 0 Å². The van der Waals surface area contributed by atoms with Crippen LogP contribution in [0.3, 0.4) is 0 Å². The molecule has 1 heterocycles. The smallest absolute Gasteiger partial charge is 0.411 e. The van der Waals surface area contributed by atoms with Gasteiger partial charge in [0.05, 0.1) is 12.3 Å². The number of aliphatic carboxylic acids is 1. The van der Waals surface area contributed by atoms with E-state index in [-0.39, 0.29) is 18.2 Å². The van der Waals surface area contributed by atoms with Gasteiger partial charge in [0, 0.05) is 13.5 Å². The fourth-order valence-electron chi connectivity index (χ4n) is 1.75. The van der Waals surface area contributed by atoms with E-state index in [4.69, 9.17) is 20.4 Å². The van der Waals surface area contributed by atoms with Crippen LogP contribution in [0.25, 0.3) is 0 Å². The highest BCUT2D eigenvalue weighted by Gasteiger charge is 2.07. The highest BCUT2D eigenvalue weighted by Crippen LogP contribution is 2.19. The third-order valence-corrected chi connectivity index (χ3v) is 2.82. The largest absolute Gasteiger partial charge is 0.481 e. The van der Waals surface area contributed by atoms with Crippen LogP contribution in [0.2, 0.25) is 0 Å². The van der Waals surface area contributed by atoms with Gasteiger partial charge in [-0.05, 0) is 36.8 Å². The molecule has 0 aliphatic heterocycles. The second-order valence-corrected chi connectivity index (χ2v) is 4.97. The molecule has 0 unspecified atom stereocenters. The average Bonchev–Trinajstić information content (AvgIpc) is 2.65. The number of nitrogens with two attached hydrogens (primary N) is 1. The molecule has 8 nitrogen and oxygen atoms in total. The van der Waals surface area contributed by atoms with E-state index >= 15 is 0 Å². The van der Waals surface area contributed by atoms with Crippen molar-refractivity contribution >= 4 is 29.4 Å². The molecular formula is C19H27FN4O4. The first-order valence-corrected chi connectivity index (χ1v) is 8.70. The van der Waals surface area contributed by atoms with E-state index in [1.807, 2.05) is 13.8 Å². The number of nitrogens with zero attached hydrogens (tertiary/aromatic N) is 1. The Morgan fingerprint density at radius 2 is 1.75 bits per heavy atom. The molecule has 1 aromatic heterocycles. The number of hydrogen-bond acceptors (Lipinski definition) is 6. The summed E-state index contributed by atoms with van der Waals surface area (Å²) in [5, 5.41) is 13.0. The zero-order valence-corrected chi connectivity index (χ0v) is 16.5. The Hall–Kier alpha value is -3.36. The van der Waals surface area contributed by atoms with Crippen molar-refractivity contribution in [2.45, 2.75) is 34.2 Å². The third-order valence-electron chi connectivity index (χ3n) is 2.82. The first-order valence-electron chi connectivity index (χ1n) is 8.70. The molecule has 0 spiro atoms. The van der Waals surface area contributed by atoms with Crippen molar-refractivity contribution in [1.82, 2.24) is 4.98 Å². The molecule has 2 rings (SSSR count). The Bertz CT molecular complexity index is 735. The number of carbonyl (C=O) groups excluding carboxylic acids is 1. The van der Waals surface area contributed by atoms with Gasteiger partial charge in [0.2, 0.25) is 0 Å². The van der Waals surface area contributed by atoms with Crippen LogP contribution in [0.1, 0.15) is 33.3 Å². The van der Waals surface area contributed by atoms with Gasteiger partial charge in [-0.1, -0.05) is 26.0 Å². The van der Waals surface area contributed by atoms with E-state index < -0.39 is 12.1 Å². The van der Waals surface area contributed by atoms with Crippen LogP contribution < -0.4 is 16.4 Å². The predicted octanol–water partition coefficient (Wildman–Crippen LogP) is 4.10. The molecule has 0 aliphatic carbocycles. The van der Waals surface area contributed by atoms with E-state index in [1.165, 1.54) is 12.1 Å². The van der Waals surface area contributed by atoms with Crippen LogP contribution in [0.5, 0.6) is 0 Å². The van der Waals surface area contributed by atoms with E-state index in [0.29, 0.717) is 18.1 Å². The topological polar surface area (TPSA) is 127 Å². The number of pyridine rings is 1. The fraction of sp³-hybridized carbons (Fsp3) is 0.316. The number of benzene rings is 1. The molecule has 1 aromatic carbocycles. The molecule has 2 aromatic rings. The van der Waals surface area contributed by atoms with Gasteiger partial charge in [0.25, 0.3) is 5.97 Å². The van der Waals surface area contributed by atoms with Gasteiger partial charge in [0.1, 0.15) is 17.5 Å². The summed E-state index contributed by atoms with van der Waals surface area (Å²) in [5.41, 5.74) is 7.08. The Morgan fingerprint density at radius 1 is 1.18 bits per heavy atom. The molecule has 0 fully saturated rings. The van der Waals surface area contributed by atoms with E-state index in [0.717, 1.165) is 12.5 Å². The van der Waals surface area contributed by atoms with Crippen LogP contribution in [0.4, 0.5) is 26.5 Å². The lowest BCUT2D eigenvalue weighted by Crippen LogP contribution is -2.15. The number of halogens is 1. The van der Waals surface area contributed by atoms with Crippen LogP contribution in [0, 0.1) is 5.82 Å². The molecule has 9 heteroatoms. The molecule has 1 amide bonds. The molecule has 0 radical (unpaired) electrons. The van der Waals surface area contributed by atoms with Gasteiger partial charge >= 0.3 is 6.09 Å². The van der Waals surface area contributed by atoms with Crippen molar-refractivity contribution < 1.29 is 23.8 Å². The minimum atomic E-state index is -0.833. The lowest BCUT2D eigenvalue weighted by Gasteiger charge is -2.10. The number of nitrogens with one attached hydrogen (secondary N) is 2. The standard InChI is InChI=1S/C15H17FN4O2.C2H4O2.C2H6/c1-2-22-15(21)19-12-7-8-13(20-14(12)17)18-9-10-3-5-11(16)6-4-10;1-2(3)4;1-2/h3-8H,2,9H2,1H3,(H,19,21)(H3,17,18,20);1H3,(H,3,4);1-2H3. The second kappa shape index (κ2) is 13.8. The molecule has 28 heavy (non-hydrogen) atoms. The average molecular weight is 394 g/mol. The molecule has 0 saturated carbocycles. The number of carboxylic acids is 1. The van der Waals surface area contributed by atoms with Crippen molar-refractivity contribution in [3.05, 3.63) is 47.8 Å². The molecular weight excluding hydrogens is 367 g/mol. The normalized spacial score (nSPS) is 9.04. The van der Waals surface area contributed by atoms with Gasteiger partial charge in [-0.25, -0.2) is 14.2 Å². The number of amides is 1. The van der Waals surface area contributed by atoms with Crippen molar-refractivity contribution in [3.8, 4) is 0 Å². The number of carboxylic acid groups (broad SMARTS) is 1. The number of ether oxygens (including phenoxy) is 1. The maximum atomic E-state index is 12.8. The lowest BCUT2D eigenvalue weighted by molar-refractivity contribution is -0.134. The van der Waals surface area contributed by atoms with Crippen molar-refractivity contribution in [3.63, 3.8) is 0 Å². The third kappa shape index (κ3) is 10.6. The molecule has 0 saturated heterocycles. The van der Waals surface area contributed by atoms with E-state index in [9.17, 15) is 9.18 Å². The van der Waals surface area contributed by atoms with E-state index in [2.05, 4.69) is 15.6 Å². The van der Waals surface area contributed by atoms with Crippen LogP contribution in [-0.2, 0) is 16.1 Å². The SMILES string of the molecule is CC.CC(=O)O.CCOC(=O)Nc1ccc(NCc2ccc(F)cc2)nc1N. The summed E-state index contributed by atoms with van der Waals surface area (Å²) in [7, 11) is 0. The Morgan fingerprint density at radius 3 is 2.25 bits per heavy atom. The quantitative estimate of drug-likeness (QED) is 0.601. The number of carbonyl (C=O) groups is 2. The van der Waals surface area contributed by atoms with Gasteiger partial charge in [-0.15, -0.1) is 0 Å². The van der Waals surface area contributed by atoms with Crippen molar-refractivity contribution in [2.75, 3.05) is 23.0 Å². The van der Waals surface area contributed by atoms with Crippen molar-refractivity contribution in [1.29, 1.82) is 0 Å². The molecule has 5 N–H and O–H groups in total. The summed E-state index contributed by atoms with van der Waals surface area (Å²) in [5.74, 6) is -0.381. The van der Waals surface area contributed by atoms with Crippen LogP contribution >= 0.6 is 0 Å². The fourth-order valence-corrected chi connectivity index (χ4v) is 1.75. The Balaban J connectivity index is 0.00000108. The number of aromatic nitrogens is 1.